The van der Waals surface area contributed by atoms with Crippen molar-refractivity contribution in [2.45, 2.75) is 18.4 Å². The van der Waals surface area contributed by atoms with Crippen LogP contribution in [0, 0.1) is 0 Å². The van der Waals surface area contributed by atoms with Gasteiger partial charge in [0.15, 0.2) is 5.16 Å². The van der Waals surface area contributed by atoms with E-state index in [0.29, 0.717) is 17.5 Å². The molecule has 0 atom stereocenters. The summed E-state index contributed by atoms with van der Waals surface area (Å²) in [6.07, 6.45) is -1.34. The summed E-state index contributed by atoms with van der Waals surface area (Å²) < 4.78 is 47.6. The van der Waals surface area contributed by atoms with Crippen LogP contribution in [0.15, 0.2) is 66.1 Å². The molecule has 158 valence electrons. The number of alkyl halides is 3. The highest BCUT2D eigenvalue weighted by atomic mass is 32.2. The van der Waals surface area contributed by atoms with E-state index >= 15 is 0 Å². The first-order valence-corrected chi connectivity index (χ1v) is 9.87. The number of thioether (sulfide) groups is 1. The molecule has 0 fully saturated rings. The monoisotopic (exact) mass is 437 g/mol. The molecule has 3 aromatic rings. The number of aromatic nitrogens is 2. The highest BCUT2D eigenvalue weighted by Crippen LogP contribution is 2.25. The number of amides is 1. The van der Waals surface area contributed by atoms with E-state index in [1.54, 1.807) is 12.4 Å². The standard InChI is InChI=1S/C20H18F3N3O3S/c1-2-28-16-9-5-15(6-10-16)26-12-11-24-19(26)30-13-18(27)25-14-3-7-17(8-4-14)29-20(21,22)23/h3-12H,2,13H2,1H3,(H,25,27). The van der Waals surface area contributed by atoms with Gasteiger partial charge in [-0.3, -0.25) is 9.36 Å². The lowest BCUT2D eigenvalue weighted by atomic mass is 10.3. The Hall–Kier alpha value is -3.14. The summed E-state index contributed by atoms with van der Waals surface area (Å²) in [6.45, 7) is 2.49. The van der Waals surface area contributed by atoms with Crippen LogP contribution in [0.4, 0.5) is 18.9 Å². The van der Waals surface area contributed by atoms with Crippen LogP contribution in [0.25, 0.3) is 5.69 Å². The second kappa shape index (κ2) is 9.57. The number of anilines is 1. The van der Waals surface area contributed by atoms with Gasteiger partial charge < -0.3 is 14.8 Å². The zero-order valence-corrected chi connectivity index (χ0v) is 16.7. The summed E-state index contributed by atoms with van der Waals surface area (Å²) in [5.74, 6) is 0.175. The molecule has 1 aromatic heterocycles. The van der Waals surface area contributed by atoms with E-state index in [1.807, 2.05) is 35.8 Å². The third-order valence-electron chi connectivity index (χ3n) is 3.74. The SMILES string of the molecule is CCOc1ccc(-n2ccnc2SCC(=O)Nc2ccc(OC(F)(F)F)cc2)cc1. The molecule has 0 radical (unpaired) electrons. The molecule has 2 aromatic carbocycles. The van der Waals surface area contributed by atoms with Crippen molar-refractivity contribution >= 4 is 23.4 Å². The number of hydrogen-bond donors (Lipinski definition) is 1. The van der Waals surface area contributed by atoms with E-state index in [-0.39, 0.29) is 17.4 Å². The third-order valence-corrected chi connectivity index (χ3v) is 4.70. The smallest absolute Gasteiger partial charge is 0.494 e. The topological polar surface area (TPSA) is 65.4 Å². The largest absolute Gasteiger partial charge is 0.573 e. The Kier molecular flexibility index (Phi) is 6.88. The fourth-order valence-corrected chi connectivity index (χ4v) is 3.30. The minimum atomic E-state index is -4.76. The summed E-state index contributed by atoms with van der Waals surface area (Å²) in [7, 11) is 0. The van der Waals surface area contributed by atoms with Gasteiger partial charge >= 0.3 is 6.36 Å². The number of nitrogens with one attached hydrogen (secondary N) is 1. The van der Waals surface area contributed by atoms with Gasteiger partial charge in [0.1, 0.15) is 11.5 Å². The van der Waals surface area contributed by atoms with Crippen LogP contribution >= 0.6 is 11.8 Å². The Morgan fingerprint density at radius 1 is 1.10 bits per heavy atom. The number of carbonyl (C=O) groups is 1. The zero-order chi connectivity index (χ0) is 21.6. The maximum absolute atomic E-state index is 12.2. The summed E-state index contributed by atoms with van der Waals surface area (Å²) in [6, 6.07) is 12.4. The second-order valence-electron chi connectivity index (χ2n) is 5.92. The molecular formula is C20H18F3N3O3S. The lowest BCUT2D eigenvalue weighted by Crippen LogP contribution is -2.17. The van der Waals surface area contributed by atoms with E-state index in [9.17, 15) is 18.0 Å². The van der Waals surface area contributed by atoms with E-state index in [1.165, 1.54) is 23.9 Å². The van der Waals surface area contributed by atoms with Crippen molar-refractivity contribution < 1.29 is 27.4 Å². The van der Waals surface area contributed by atoms with Gasteiger partial charge in [0.2, 0.25) is 5.91 Å². The van der Waals surface area contributed by atoms with Crippen molar-refractivity contribution in [2.75, 3.05) is 17.7 Å². The molecule has 0 spiro atoms. The van der Waals surface area contributed by atoms with Gasteiger partial charge in [0, 0.05) is 23.8 Å². The maximum atomic E-state index is 12.2. The number of imidazole rings is 1. The van der Waals surface area contributed by atoms with Crippen molar-refractivity contribution in [3.63, 3.8) is 0 Å². The first-order chi connectivity index (χ1) is 14.3. The summed E-state index contributed by atoms with van der Waals surface area (Å²) in [4.78, 5) is 16.5. The average Bonchev–Trinajstić information content (AvgIpc) is 3.16. The van der Waals surface area contributed by atoms with Gasteiger partial charge in [0.25, 0.3) is 0 Å². The predicted molar refractivity (Wildman–Crippen MR) is 107 cm³/mol. The van der Waals surface area contributed by atoms with Crippen molar-refractivity contribution in [1.82, 2.24) is 9.55 Å². The fraction of sp³-hybridized carbons (Fsp3) is 0.200. The molecule has 10 heteroatoms. The van der Waals surface area contributed by atoms with Crippen LogP contribution in [0.3, 0.4) is 0 Å². The molecule has 0 aliphatic rings. The van der Waals surface area contributed by atoms with Crippen LogP contribution in [-0.2, 0) is 4.79 Å². The number of nitrogens with zero attached hydrogens (tertiary/aromatic N) is 2. The van der Waals surface area contributed by atoms with Crippen molar-refractivity contribution in [1.29, 1.82) is 0 Å². The maximum Gasteiger partial charge on any atom is 0.573 e. The number of hydrogen-bond acceptors (Lipinski definition) is 5. The Labute approximate surface area is 175 Å². The summed E-state index contributed by atoms with van der Waals surface area (Å²) in [5.41, 5.74) is 1.24. The molecule has 0 aliphatic heterocycles. The van der Waals surface area contributed by atoms with Crippen LogP contribution < -0.4 is 14.8 Å². The fourth-order valence-electron chi connectivity index (χ4n) is 2.53. The highest BCUT2D eigenvalue weighted by Gasteiger charge is 2.30. The van der Waals surface area contributed by atoms with Crippen molar-refractivity contribution in [3.05, 3.63) is 60.9 Å². The number of rotatable bonds is 8. The van der Waals surface area contributed by atoms with Crippen LogP contribution in [0.1, 0.15) is 6.92 Å². The first kappa shape index (κ1) is 21.6. The van der Waals surface area contributed by atoms with Crippen molar-refractivity contribution in [2.24, 2.45) is 0 Å². The molecule has 0 bridgehead atoms. The zero-order valence-electron chi connectivity index (χ0n) is 15.8. The number of halogens is 3. The van der Waals surface area contributed by atoms with Gasteiger partial charge in [-0.15, -0.1) is 13.2 Å². The van der Waals surface area contributed by atoms with Crippen molar-refractivity contribution in [3.8, 4) is 17.2 Å². The van der Waals surface area contributed by atoms with Crippen LogP contribution in [0.5, 0.6) is 11.5 Å². The molecular weight excluding hydrogens is 419 g/mol. The van der Waals surface area contributed by atoms with E-state index in [2.05, 4.69) is 15.0 Å². The number of ether oxygens (including phenoxy) is 2. The quantitative estimate of drug-likeness (QED) is 0.508. The highest BCUT2D eigenvalue weighted by molar-refractivity contribution is 7.99. The third kappa shape index (κ3) is 6.18. The average molecular weight is 437 g/mol. The summed E-state index contributed by atoms with van der Waals surface area (Å²) in [5, 5.41) is 3.25. The Morgan fingerprint density at radius 3 is 2.40 bits per heavy atom. The molecule has 1 heterocycles. The molecule has 0 aliphatic carbocycles. The normalized spacial score (nSPS) is 11.2. The van der Waals surface area contributed by atoms with E-state index < -0.39 is 6.36 Å². The van der Waals surface area contributed by atoms with Gasteiger partial charge in [-0.2, -0.15) is 0 Å². The predicted octanol–water partition coefficient (Wildman–Crippen LogP) is 4.90. The number of carbonyl (C=O) groups excluding carboxylic acids is 1. The lowest BCUT2D eigenvalue weighted by molar-refractivity contribution is -0.274. The molecule has 1 N–H and O–H groups in total. The molecule has 0 unspecified atom stereocenters. The Morgan fingerprint density at radius 2 is 1.77 bits per heavy atom. The lowest BCUT2D eigenvalue weighted by Gasteiger charge is -2.10. The van der Waals surface area contributed by atoms with Crippen LogP contribution in [0.2, 0.25) is 0 Å². The minimum absolute atomic E-state index is 0.0782. The van der Waals surface area contributed by atoms with Crippen LogP contribution in [-0.4, -0.2) is 34.2 Å². The molecule has 0 saturated carbocycles. The Bertz CT molecular complexity index is 973. The Balaban J connectivity index is 1.56. The molecule has 1 amide bonds. The van der Waals surface area contributed by atoms with Gasteiger partial charge in [-0.25, -0.2) is 4.98 Å². The van der Waals surface area contributed by atoms with E-state index in [4.69, 9.17) is 4.74 Å². The number of benzene rings is 2. The molecule has 0 saturated heterocycles. The second-order valence-corrected chi connectivity index (χ2v) is 6.86. The van der Waals surface area contributed by atoms with Gasteiger partial charge in [-0.1, -0.05) is 11.8 Å². The van der Waals surface area contributed by atoms with Gasteiger partial charge in [-0.05, 0) is 55.5 Å². The molecule has 30 heavy (non-hydrogen) atoms. The first-order valence-electron chi connectivity index (χ1n) is 8.89. The minimum Gasteiger partial charge on any atom is -0.494 e. The van der Waals surface area contributed by atoms with Gasteiger partial charge in [0.05, 0.1) is 12.4 Å². The summed E-state index contributed by atoms with van der Waals surface area (Å²) >= 11 is 1.24. The van der Waals surface area contributed by atoms with E-state index in [0.717, 1.165) is 23.6 Å². The molecule has 3 rings (SSSR count). The molecule has 6 nitrogen and oxygen atoms in total.